The van der Waals surface area contributed by atoms with Crippen LogP contribution in [-0.2, 0) is 4.79 Å². The van der Waals surface area contributed by atoms with Crippen LogP contribution in [0.2, 0.25) is 0 Å². The lowest BCUT2D eigenvalue weighted by Crippen LogP contribution is -2.08. The predicted octanol–water partition coefficient (Wildman–Crippen LogP) is 3.77. The Hall–Kier alpha value is -1.65. The molecule has 3 N–H and O–H groups in total. The number of rotatable bonds is 4. The van der Waals surface area contributed by atoms with Gasteiger partial charge >= 0.3 is 5.97 Å². The fourth-order valence-electron chi connectivity index (χ4n) is 2.87. The Morgan fingerprint density at radius 3 is 2.50 bits per heavy atom. The lowest BCUT2D eigenvalue weighted by atomic mass is 9.89. The first-order valence-electron chi connectivity index (χ1n) is 8.63. The zero-order valence-electron chi connectivity index (χ0n) is 14.6. The number of aliphatic carboxylic acids is 1. The third-order valence-electron chi connectivity index (χ3n) is 4.60. The Kier molecular flexibility index (Phi) is 9.35. The lowest BCUT2D eigenvalue weighted by Gasteiger charge is -2.18. The summed E-state index contributed by atoms with van der Waals surface area (Å²) in [5, 5.41) is 28.2. The van der Waals surface area contributed by atoms with Gasteiger partial charge in [-0.3, -0.25) is 0 Å². The molecule has 1 rings (SSSR count). The van der Waals surface area contributed by atoms with Gasteiger partial charge in [0.05, 0.1) is 13.2 Å². The zero-order chi connectivity index (χ0) is 17.9. The van der Waals surface area contributed by atoms with E-state index in [4.69, 9.17) is 0 Å². The molecular weight excluding hydrogens is 304 g/mol. The van der Waals surface area contributed by atoms with Crippen molar-refractivity contribution in [3.63, 3.8) is 0 Å². The molecule has 0 saturated carbocycles. The number of allylic oxidation sites excluding steroid dienone is 4. The van der Waals surface area contributed by atoms with Crippen molar-refractivity contribution in [2.45, 2.75) is 51.9 Å². The Labute approximate surface area is 144 Å². The molecule has 4 nitrogen and oxygen atoms in total. The van der Waals surface area contributed by atoms with E-state index in [9.17, 15) is 20.1 Å². The summed E-state index contributed by atoms with van der Waals surface area (Å²) in [6.45, 7) is 5.99. The quantitative estimate of drug-likeness (QED) is 0.684. The van der Waals surface area contributed by atoms with Gasteiger partial charge in [-0.2, -0.15) is 0 Å². The smallest absolute Gasteiger partial charge is 0.331 e. The lowest BCUT2D eigenvalue weighted by molar-refractivity contribution is -0.132. The molecule has 1 aliphatic carbocycles. The van der Waals surface area contributed by atoms with Crippen molar-refractivity contribution in [3.8, 4) is 0 Å². The van der Waals surface area contributed by atoms with Gasteiger partial charge in [0.25, 0.3) is 0 Å². The number of hydrogen-bond donors (Lipinski definition) is 3. The summed E-state index contributed by atoms with van der Waals surface area (Å²) < 4.78 is 0. The summed E-state index contributed by atoms with van der Waals surface area (Å²) in [5.41, 5.74) is 3.42. The molecule has 134 valence electrons. The van der Waals surface area contributed by atoms with E-state index in [2.05, 4.69) is 19.6 Å². The number of aliphatic hydroxyl groups is 2. The largest absolute Gasteiger partial charge is 0.478 e. The third kappa shape index (κ3) is 7.28. The van der Waals surface area contributed by atoms with Crippen LogP contribution in [-0.4, -0.2) is 34.5 Å². The highest BCUT2D eigenvalue weighted by Gasteiger charge is 2.13. The van der Waals surface area contributed by atoms with Crippen molar-refractivity contribution in [2.24, 2.45) is 5.92 Å². The number of carboxylic acids is 1. The summed E-state index contributed by atoms with van der Waals surface area (Å²) in [5.74, 6) is -0.657. The van der Waals surface area contributed by atoms with Crippen LogP contribution < -0.4 is 0 Å². The van der Waals surface area contributed by atoms with Crippen LogP contribution in [0, 0.1) is 5.92 Å². The standard InChI is InChI=1S/C20H30O4/c1-15-5-3-7-19(20(23)24)8-4-6-17(14-22)10-12-18(11-9-15)16(2)13-21/h6-7,9,18,21-22H,2-5,8,10-14H2,1H3,(H,23,24)/b15-9+,17-6+,19-7+. The fraction of sp³-hybridized carbons (Fsp3) is 0.550. The minimum atomic E-state index is -0.859. The summed E-state index contributed by atoms with van der Waals surface area (Å²) >= 11 is 0. The van der Waals surface area contributed by atoms with E-state index < -0.39 is 5.97 Å². The highest BCUT2D eigenvalue weighted by molar-refractivity contribution is 5.86. The maximum absolute atomic E-state index is 11.3. The molecular formula is C20H30O4. The van der Waals surface area contributed by atoms with Gasteiger partial charge in [0.15, 0.2) is 0 Å². The van der Waals surface area contributed by atoms with E-state index >= 15 is 0 Å². The Morgan fingerprint density at radius 1 is 1.17 bits per heavy atom. The van der Waals surface area contributed by atoms with Gasteiger partial charge in [-0.1, -0.05) is 30.4 Å². The minimum absolute atomic E-state index is 0.0135. The summed E-state index contributed by atoms with van der Waals surface area (Å²) in [6, 6.07) is 0. The van der Waals surface area contributed by atoms with Gasteiger partial charge in [-0.05, 0) is 68.9 Å². The van der Waals surface area contributed by atoms with Gasteiger partial charge in [0.1, 0.15) is 0 Å². The van der Waals surface area contributed by atoms with E-state index in [1.165, 1.54) is 5.57 Å². The normalized spacial score (nSPS) is 27.6. The van der Waals surface area contributed by atoms with Crippen molar-refractivity contribution < 1.29 is 20.1 Å². The molecule has 0 bridgehead atoms. The van der Waals surface area contributed by atoms with Crippen molar-refractivity contribution in [3.05, 3.63) is 47.1 Å². The third-order valence-corrected chi connectivity index (χ3v) is 4.60. The van der Waals surface area contributed by atoms with Crippen molar-refractivity contribution >= 4 is 5.97 Å². The van der Waals surface area contributed by atoms with Crippen LogP contribution in [0.5, 0.6) is 0 Å². The van der Waals surface area contributed by atoms with E-state index in [-0.39, 0.29) is 19.1 Å². The minimum Gasteiger partial charge on any atom is -0.478 e. The molecule has 0 aromatic heterocycles. The first kappa shape index (κ1) is 20.4. The second-order valence-electron chi connectivity index (χ2n) is 6.47. The Balaban J connectivity index is 2.95. The molecule has 0 saturated heterocycles. The number of carbonyl (C=O) groups is 1. The van der Waals surface area contributed by atoms with E-state index in [0.717, 1.165) is 36.8 Å². The number of hydrogen-bond acceptors (Lipinski definition) is 3. The molecule has 0 amide bonds. The second kappa shape index (κ2) is 11.0. The van der Waals surface area contributed by atoms with Crippen molar-refractivity contribution in [1.29, 1.82) is 0 Å². The first-order chi connectivity index (χ1) is 11.5. The van der Waals surface area contributed by atoms with Gasteiger partial charge in [0, 0.05) is 5.57 Å². The Morgan fingerprint density at radius 2 is 1.88 bits per heavy atom. The maximum atomic E-state index is 11.3. The average Bonchev–Trinajstić information content (AvgIpc) is 2.57. The van der Waals surface area contributed by atoms with Crippen LogP contribution in [0.3, 0.4) is 0 Å². The van der Waals surface area contributed by atoms with Crippen LogP contribution in [0.25, 0.3) is 0 Å². The van der Waals surface area contributed by atoms with Crippen molar-refractivity contribution in [2.75, 3.05) is 13.2 Å². The molecule has 0 spiro atoms. The van der Waals surface area contributed by atoms with Crippen LogP contribution in [0.1, 0.15) is 51.9 Å². The molecule has 0 aromatic carbocycles. The molecule has 24 heavy (non-hydrogen) atoms. The summed E-state index contributed by atoms with van der Waals surface area (Å²) in [6.07, 6.45) is 11.0. The number of aliphatic hydroxyl groups excluding tert-OH is 2. The molecule has 0 aromatic rings. The summed E-state index contributed by atoms with van der Waals surface area (Å²) in [7, 11) is 0. The monoisotopic (exact) mass is 334 g/mol. The molecule has 0 fully saturated rings. The van der Waals surface area contributed by atoms with E-state index in [1.54, 1.807) is 0 Å². The molecule has 0 radical (unpaired) electrons. The molecule has 1 unspecified atom stereocenters. The predicted molar refractivity (Wildman–Crippen MR) is 96.7 cm³/mol. The molecule has 1 atom stereocenters. The molecule has 4 heteroatoms. The maximum Gasteiger partial charge on any atom is 0.331 e. The van der Waals surface area contributed by atoms with E-state index in [0.29, 0.717) is 24.8 Å². The van der Waals surface area contributed by atoms with Crippen molar-refractivity contribution in [1.82, 2.24) is 0 Å². The highest BCUT2D eigenvalue weighted by Crippen LogP contribution is 2.25. The summed E-state index contributed by atoms with van der Waals surface area (Å²) in [4.78, 5) is 11.3. The SMILES string of the molecule is C=C(CO)C1C/C=C(\C)CC/C=C(/C(=O)O)CC/C=C(/CO)CC1. The van der Waals surface area contributed by atoms with Gasteiger partial charge in [-0.25, -0.2) is 4.79 Å². The van der Waals surface area contributed by atoms with Gasteiger partial charge in [-0.15, -0.1) is 0 Å². The van der Waals surface area contributed by atoms with Crippen LogP contribution >= 0.6 is 0 Å². The topological polar surface area (TPSA) is 77.8 Å². The second-order valence-corrected chi connectivity index (χ2v) is 6.47. The zero-order valence-corrected chi connectivity index (χ0v) is 14.6. The first-order valence-corrected chi connectivity index (χ1v) is 8.63. The average molecular weight is 334 g/mol. The number of carboxylic acid groups (broad SMARTS) is 1. The molecule has 1 aliphatic rings. The Bertz CT molecular complexity index is 526. The van der Waals surface area contributed by atoms with Crippen LogP contribution in [0.15, 0.2) is 47.1 Å². The molecule has 0 heterocycles. The van der Waals surface area contributed by atoms with E-state index in [1.807, 2.05) is 12.2 Å². The fourth-order valence-corrected chi connectivity index (χ4v) is 2.87. The van der Waals surface area contributed by atoms with Gasteiger partial charge in [0.2, 0.25) is 0 Å². The molecule has 0 aliphatic heterocycles. The van der Waals surface area contributed by atoms with Gasteiger partial charge < -0.3 is 15.3 Å². The van der Waals surface area contributed by atoms with Crippen LogP contribution in [0.4, 0.5) is 0 Å². The highest BCUT2D eigenvalue weighted by atomic mass is 16.4.